The Morgan fingerprint density at radius 3 is 2.94 bits per heavy atom. The lowest BCUT2D eigenvalue weighted by atomic mass is 10.0. The molecule has 0 bridgehead atoms. The van der Waals surface area contributed by atoms with E-state index in [0.717, 1.165) is 12.5 Å². The molecule has 1 aliphatic carbocycles. The Labute approximate surface area is 108 Å². The second kappa shape index (κ2) is 4.69. The van der Waals surface area contributed by atoms with Gasteiger partial charge in [0.2, 0.25) is 0 Å². The van der Waals surface area contributed by atoms with Crippen LogP contribution in [-0.2, 0) is 0 Å². The SMILES string of the molecule is CC(C)NCC1CC1c1cccc2cccnc12. The van der Waals surface area contributed by atoms with Crippen LogP contribution in [0.2, 0.25) is 0 Å². The van der Waals surface area contributed by atoms with Crippen molar-refractivity contribution in [3.05, 3.63) is 42.1 Å². The number of benzene rings is 1. The highest BCUT2D eigenvalue weighted by molar-refractivity contribution is 5.82. The van der Waals surface area contributed by atoms with Crippen LogP contribution >= 0.6 is 0 Å². The minimum Gasteiger partial charge on any atom is -0.314 e. The third-order valence-electron chi connectivity index (χ3n) is 3.77. The van der Waals surface area contributed by atoms with Crippen LogP contribution < -0.4 is 5.32 Å². The first-order valence-electron chi connectivity index (χ1n) is 6.82. The molecular weight excluding hydrogens is 220 g/mol. The summed E-state index contributed by atoms with van der Waals surface area (Å²) in [6.07, 6.45) is 3.20. The average molecular weight is 240 g/mol. The molecule has 1 aromatic heterocycles. The summed E-state index contributed by atoms with van der Waals surface area (Å²) in [5, 5.41) is 4.80. The van der Waals surface area contributed by atoms with Gasteiger partial charge in [0.05, 0.1) is 5.52 Å². The van der Waals surface area contributed by atoms with Crippen LogP contribution in [0.3, 0.4) is 0 Å². The van der Waals surface area contributed by atoms with Gasteiger partial charge in [-0.05, 0) is 36.4 Å². The van der Waals surface area contributed by atoms with Crippen molar-refractivity contribution < 1.29 is 0 Å². The normalized spacial score (nSPS) is 22.6. The Kier molecular flexibility index (Phi) is 3.04. The maximum absolute atomic E-state index is 4.55. The molecule has 2 atom stereocenters. The van der Waals surface area contributed by atoms with Gasteiger partial charge >= 0.3 is 0 Å². The van der Waals surface area contributed by atoms with Crippen molar-refractivity contribution in [2.75, 3.05) is 6.54 Å². The topological polar surface area (TPSA) is 24.9 Å². The molecule has 1 saturated carbocycles. The van der Waals surface area contributed by atoms with Gasteiger partial charge in [0.1, 0.15) is 0 Å². The highest BCUT2D eigenvalue weighted by Gasteiger charge is 2.38. The number of pyridine rings is 1. The first kappa shape index (κ1) is 11.7. The van der Waals surface area contributed by atoms with Gasteiger partial charge in [-0.3, -0.25) is 4.98 Å². The van der Waals surface area contributed by atoms with Gasteiger partial charge < -0.3 is 5.32 Å². The van der Waals surface area contributed by atoms with E-state index in [1.807, 2.05) is 12.3 Å². The van der Waals surface area contributed by atoms with Crippen LogP contribution in [-0.4, -0.2) is 17.6 Å². The largest absolute Gasteiger partial charge is 0.314 e. The molecule has 1 heterocycles. The van der Waals surface area contributed by atoms with Crippen LogP contribution in [0.1, 0.15) is 31.7 Å². The average Bonchev–Trinajstić information content (AvgIpc) is 3.15. The standard InChI is InChI=1S/C16H20N2/c1-11(2)18-10-13-9-15(13)14-7-3-5-12-6-4-8-17-16(12)14/h3-8,11,13,15,18H,9-10H2,1-2H3. The van der Waals surface area contributed by atoms with E-state index in [2.05, 4.69) is 48.4 Å². The number of nitrogens with zero attached hydrogens (tertiary/aromatic N) is 1. The van der Waals surface area contributed by atoms with Crippen molar-refractivity contribution >= 4 is 10.9 Å². The maximum atomic E-state index is 4.55. The Hall–Kier alpha value is -1.41. The number of para-hydroxylation sites is 1. The summed E-state index contributed by atoms with van der Waals surface area (Å²) >= 11 is 0. The molecule has 1 fully saturated rings. The summed E-state index contributed by atoms with van der Waals surface area (Å²) in [6.45, 7) is 5.54. The molecule has 2 unspecified atom stereocenters. The lowest BCUT2D eigenvalue weighted by Crippen LogP contribution is -2.25. The van der Waals surface area contributed by atoms with E-state index in [1.165, 1.54) is 22.9 Å². The third-order valence-corrected chi connectivity index (χ3v) is 3.77. The number of hydrogen-bond acceptors (Lipinski definition) is 2. The van der Waals surface area contributed by atoms with Crippen LogP contribution in [0.25, 0.3) is 10.9 Å². The third kappa shape index (κ3) is 2.25. The molecule has 1 aliphatic rings. The highest BCUT2D eigenvalue weighted by Crippen LogP contribution is 2.48. The number of fused-ring (bicyclic) bond motifs is 1. The maximum Gasteiger partial charge on any atom is 0.0736 e. The summed E-state index contributed by atoms with van der Waals surface area (Å²) in [6, 6.07) is 11.3. The minimum atomic E-state index is 0.580. The molecular formula is C16H20N2. The second-order valence-electron chi connectivity index (χ2n) is 5.59. The monoisotopic (exact) mass is 240 g/mol. The first-order valence-corrected chi connectivity index (χ1v) is 6.82. The predicted molar refractivity (Wildman–Crippen MR) is 75.7 cm³/mol. The highest BCUT2D eigenvalue weighted by atomic mass is 14.9. The summed E-state index contributed by atoms with van der Waals surface area (Å²) in [7, 11) is 0. The molecule has 2 aromatic rings. The van der Waals surface area contributed by atoms with Gasteiger partial charge in [-0.25, -0.2) is 0 Å². The zero-order valence-electron chi connectivity index (χ0n) is 11.1. The number of aromatic nitrogens is 1. The van der Waals surface area contributed by atoms with E-state index < -0.39 is 0 Å². The summed E-state index contributed by atoms with van der Waals surface area (Å²) in [5.41, 5.74) is 2.63. The summed E-state index contributed by atoms with van der Waals surface area (Å²) in [5.74, 6) is 1.50. The fourth-order valence-corrected chi connectivity index (χ4v) is 2.67. The molecule has 0 spiro atoms. The van der Waals surface area contributed by atoms with E-state index >= 15 is 0 Å². The van der Waals surface area contributed by atoms with Crippen molar-refractivity contribution in [1.82, 2.24) is 10.3 Å². The fraction of sp³-hybridized carbons (Fsp3) is 0.438. The Morgan fingerprint density at radius 1 is 1.28 bits per heavy atom. The predicted octanol–water partition coefficient (Wildman–Crippen LogP) is 3.34. The van der Waals surface area contributed by atoms with Crippen molar-refractivity contribution in [3.8, 4) is 0 Å². The molecule has 1 N–H and O–H groups in total. The van der Waals surface area contributed by atoms with Crippen molar-refractivity contribution in [1.29, 1.82) is 0 Å². The molecule has 3 rings (SSSR count). The lowest BCUT2D eigenvalue weighted by Gasteiger charge is -2.08. The molecule has 0 aliphatic heterocycles. The summed E-state index contributed by atoms with van der Waals surface area (Å²) < 4.78 is 0. The lowest BCUT2D eigenvalue weighted by molar-refractivity contribution is 0.555. The number of nitrogens with one attached hydrogen (secondary N) is 1. The van der Waals surface area contributed by atoms with Crippen LogP contribution in [0.4, 0.5) is 0 Å². The van der Waals surface area contributed by atoms with E-state index in [-0.39, 0.29) is 0 Å². The minimum absolute atomic E-state index is 0.580. The molecule has 2 heteroatoms. The smallest absolute Gasteiger partial charge is 0.0736 e. The Balaban J connectivity index is 1.80. The summed E-state index contributed by atoms with van der Waals surface area (Å²) in [4.78, 5) is 4.55. The van der Waals surface area contributed by atoms with E-state index in [9.17, 15) is 0 Å². The zero-order chi connectivity index (χ0) is 12.5. The number of hydrogen-bond donors (Lipinski definition) is 1. The number of rotatable bonds is 4. The van der Waals surface area contributed by atoms with Crippen molar-refractivity contribution in [2.45, 2.75) is 32.2 Å². The van der Waals surface area contributed by atoms with Gasteiger partial charge in [-0.1, -0.05) is 38.1 Å². The molecule has 0 amide bonds. The fourth-order valence-electron chi connectivity index (χ4n) is 2.67. The zero-order valence-corrected chi connectivity index (χ0v) is 11.1. The van der Waals surface area contributed by atoms with Gasteiger partial charge in [-0.15, -0.1) is 0 Å². The molecule has 0 radical (unpaired) electrons. The molecule has 2 nitrogen and oxygen atoms in total. The van der Waals surface area contributed by atoms with Gasteiger partial charge in [-0.2, -0.15) is 0 Å². The van der Waals surface area contributed by atoms with Crippen LogP contribution in [0.5, 0.6) is 0 Å². The van der Waals surface area contributed by atoms with Crippen LogP contribution in [0, 0.1) is 5.92 Å². The van der Waals surface area contributed by atoms with E-state index in [1.54, 1.807) is 0 Å². The Bertz CT molecular complexity index is 542. The van der Waals surface area contributed by atoms with E-state index in [4.69, 9.17) is 0 Å². The van der Waals surface area contributed by atoms with E-state index in [0.29, 0.717) is 12.0 Å². The Morgan fingerprint density at radius 2 is 2.11 bits per heavy atom. The van der Waals surface area contributed by atoms with Gasteiger partial charge in [0.15, 0.2) is 0 Å². The van der Waals surface area contributed by atoms with Crippen LogP contribution in [0.15, 0.2) is 36.5 Å². The molecule has 1 aromatic carbocycles. The first-order chi connectivity index (χ1) is 8.75. The second-order valence-corrected chi connectivity index (χ2v) is 5.59. The van der Waals surface area contributed by atoms with Gasteiger partial charge in [0.25, 0.3) is 0 Å². The quantitative estimate of drug-likeness (QED) is 0.886. The van der Waals surface area contributed by atoms with Crippen molar-refractivity contribution in [3.63, 3.8) is 0 Å². The molecule has 94 valence electrons. The van der Waals surface area contributed by atoms with Gasteiger partial charge in [0, 0.05) is 17.6 Å². The molecule has 18 heavy (non-hydrogen) atoms. The molecule has 0 saturated heterocycles. The van der Waals surface area contributed by atoms with Crippen molar-refractivity contribution in [2.24, 2.45) is 5.92 Å².